The molecule has 32 heavy (non-hydrogen) atoms. The van der Waals surface area contributed by atoms with Crippen molar-refractivity contribution in [1.82, 2.24) is 5.32 Å². The van der Waals surface area contributed by atoms with Crippen LogP contribution < -0.4 is 15.5 Å². The molecule has 5 rings (SSSR count). The molecule has 0 radical (unpaired) electrons. The zero-order valence-electron chi connectivity index (χ0n) is 16.4. The van der Waals surface area contributed by atoms with Gasteiger partial charge in [0.15, 0.2) is 0 Å². The summed E-state index contributed by atoms with van der Waals surface area (Å²) in [5, 5.41) is 16.0. The fourth-order valence-corrected chi connectivity index (χ4v) is 4.49. The van der Waals surface area contributed by atoms with E-state index in [1.54, 1.807) is 24.3 Å². The Balaban J connectivity index is 1.52. The van der Waals surface area contributed by atoms with Gasteiger partial charge in [-0.15, -0.1) is 0 Å². The van der Waals surface area contributed by atoms with Gasteiger partial charge in [0.05, 0.1) is 18.3 Å². The Labute approximate surface area is 186 Å². The molecule has 0 fully saturated rings. The third-order valence-corrected chi connectivity index (χ3v) is 6.02. The summed E-state index contributed by atoms with van der Waals surface area (Å²) >= 11 is 6.26. The summed E-state index contributed by atoms with van der Waals surface area (Å²) in [6.07, 6.45) is -1.15. The number of β-amino-alcohol motifs (C(OH)–C–C–N with tert-alkyl or cyclic N) is 1. The largest absolute Gasteiger partial charge is 0.386 e. The van der Waals surface area contributed by atoms with Crippen LogP contribution in [0.15, 0.2) is 54.6 Å². The molecule has 3 amide bonds. The summed E-state index contributed by atoms with van der Waals surface area (Å²) in [6, 6.07) is 11.5. The molecule has 162 valence electrons. The first kappa shape index (κ1) is 20.4. The number of anilines is 2. The molecule has 9 heteroatoms. The highest BCUT2D eigenvalue weighted by Gasteiger charge is 2.36. The second-order valence-corrected chi connectivity index (χ2v) is 7.98. The van der Waals surface area contributed by atoms with Crippen molar-refractivity contribution in [2.24, 2.45) is 0 Å². The molecule has 2 heterocycles. The summed E-state index contributed by atoms with van der Waals surface area (Å²) in [4.78, 5) is 26.8. The van der Waals surface area contributed by atoms with Crippen LogP contribution in [0.4, 0.5) is 25.0 Å². The summed E-state index contributed by atoms with van der Waals surface area (Å²) in [5.74, 6) is -1.50. The van der Waals surface area contributed by atoms with Crippen LogP contribution in [0.1, 0.15) is 39.2 Å². The number of fused-ring (bicyclic) bond motifs is 2. The molecule has 2 aliphatic rings. The molecule has 0 aliphatic carbocycles. The third kappa shape index (κ3) is 3.19. The zero-order valence-corrected chi connectivity index (χ0v) is 17.2. The standard InChI is InChI=1S/C23H16ClF2N3O3/c24-14-8-7-11(25)9-13(14)21-19-12(22(31)28-21)3-1-5-16(19)27-23(32)29-10-18(30)20-15(26)4-2-6-17(20)29/h1-9,18,21,30H,10H2,(H,27,32)(H,28,31)/t18-,21-/m1/s1. The summed E-state index contributed by atoms with van der Waals surface area (Å²) in [7, 11) is 0. The Morgan fingerprint density at radius 3 is 2.72 bits per heavy atom. The number of hydrogen-bond donors (Lipinski definition) is 3. The second-order valence-electron chi connectivity index (χ2n) is 7.57. The molecule has 2 aliphatic heterocycles. The van der Waals surface area contributed by atoms with Crippen LogP contribution in [0, 0.1) is 11.6 Å². The molecule has 0 unspecified atom stereocenters. The smallest absolute Gasteiger partial charge is 0.326 e. The average molecular weight is 456 g/mol. The van der Waals surface area contributed by atoms with Gasteiger partial charge < -0.3 is 15.7 Å². The number of urea groups is 1. The minimum atomic E-state index is -1.15. The molecule has 3 aromatic carbocycles. The lowest BCUT2D eigenvalue weighted by atomic mass is 9.96. The van der Waals surface area contributed by atoms with Gasteiger partial charge in [-0.25, -0.2) is 13.6 Å². The predicted molar refractivity (Wildman–Crippen MR) is 115 cm³/mol. The maximum absolute atomic E-state index is 14.1. The first-order chi connectivity index (χ1) is 15.3. The number of carbonyl (C=O) groups excluding carboxylic acids is 2. The van der Waals surface area contributed by atoms with Gasteiger partial charge in [-0.2, -0.15) is 0 Å². The van der Waals surface area contributed by atoms with Crippen molar-refractivity contribution in [1.29, 1.82) is 0 Å². The van der Waals surface area contributed by atoms with Crippen LogP contribution in [0.2, 0.25) is 5.02 Å². The Kier molecular flexibility index (Phi) is 4.83. The first-order valence-electron chi connectivity index (χ1n) is 9.79. The molecule has 2 atom stereocenters. The Morgan fingerprint density at radius 1 is 1.12 bits per heavy atom. The van der Waals surface area contributed by atoms with E-state index in [1.165, 1.54) is 35.2 Å². The molecule has 0 saturated heterocycles. The van der Waals surface area contributed by atoms with Crippen LogP contribution in [-0.4, -0.2) is 23.6 Å². The number of aliphatic hydroxyl groups excluding tert-OH is 1. The van der Waals surface area contributed by atoms with Crippen molar-refractivity contribution < 1.29 is 23.5 Å². The van der Waals surface area contributed by atoms with Crippen LogP contribution in [0.5, 0.6) is 0 Å². The molecule has 0 spiro atoms. The number of nitrogens with zero attached hydrogens (tertiary/aromatic N) is 1. The van der Waals surface area contributed by atoms with E-state index in [2.05, 4.69) is 10.6 Å². The number of hydrogen-bond acceptors (Lipinski definition) is 3. The number of rotatable bonds is 2. The number of aliphatic hydroxyl groups is 1. The van der Waals surface area contributed by atoms with Crippen molar-refractivity contribution in [3.8, 4) is 0 Å². The predicted octanol–water partition coefficient (Wildman–Crippen LogP) is 4.54. The molecule has 3 N–H and O–H groups in total. The zero-order chi connectivity index (χ0) is 22.6. The van der Waals surface area contributed by atoms with Crippen molar-refractivity contribution in [3.63, 3.8) is 0 Å². The van der Waals surface area contributed by atoms with Gasteiger partial charge in [0.1, 0.15) is 17.7 Å². The van der Waals surface area contributed by atoms with Gasteiger partial charge in [-0.3, -0.25) is 9.69 Å². The third-order valence-electron chi connectivity index (χ3n) is 5.68. The number of halogens is 3. The lowest BCUT2D eigenvalue weighted by molar-refractivity contribution is 0.0960. The number of nitrogens with one attached hydrogen (secondary N) is 2. The lowest BCUT2D eigenvalue weighted by Crippen LogP contribution is -2.34. The van der Waals surface area contributed by atoms with Gasteiger partial charge in [0.25, 0.3) is 5.91 Å². The van der Waals surface area contributed by atoms with Crippen molar-refractivity contribution >= 4 is 34.9 Å². The quantitative estimate of drug-likeness (QED) is 0.530. The first-order valence-corrected chi connectivity index (χ1v) is 10.2. The van der Waals surface area contributed by atoms with E-state index in [4.69, 9.17) is 11.6 Å². The van der Waals surface area contributed by atoms with Crippen LogP contribution in [0.25, 0.3) is 0 Å². The Morgan fingerprint density at radius 2 is 1.91 bits per heavy atom. The molecule has 3 aromatic rings. The van der Waals surface area contributed by atoms with E-state index < -0.39 is 29.8 Å². The second kappa shape index (κ2) is 7.58. The van der Waals surface area contributed by atoms with Gasteiger partial charge >= 0.3 is 6.03 Å². The van der Waals surface area contributed by atoms with E-state index in [0.717, 1.165) is 0 Å². The monoisotopic (exact) mass is 455 g/mol. The molecule has 0 aromatic heterocycles. The van der Waals surface area contributed by atoms with Crippen molar-refractivity contribution in [2.45, 2.75) is 12.1 Å². The minimum absolute atomic E-state index is 0.0576. The fourth-order valence-electron chi connectivity index (χ4n) is 4.26. The van der Waals surface area contributed by atoms with Crippen LogP contribution >= 0.6 is 11.6 Å². The Bertz CT molecular complexity index is 1280. The molecular formula is C23H16ClF2N3O3. The maximum atomic E-state index is 14.1. The van der Waals surface area contributed by atoms with E-state index >= 15 is 0 Å². The van der Waals surface area contributed by atoms with Crippen molar-refractivity contribution in [2.75, 3.05) is 16.8 Å². The molecular weight excluding hydrogens is 440 g/mol. The minimum Gasteiger partial charge on any atom is -0.386 e. The molecule has 0 saturated carbocycles. The van der Waals surface area contributed by atoms with Crippen molar-refractivity contribution in [3.05, 3.63) is 93.5 Å². The number of benzene rings is 3. The highest BCUT2D eigenvalue weighted by Crippen LogP contribution is 2.40. The summed E-state index contributed by atoms with van der Waals surface area (Å²) in [5.41, 5.74) is 1.75. The van der Waals surface area contributed by atoms with E-state index in [9.17, 15) is 23.5 Å². The summed E-state index contributed by atoms with van der Waals surface area (Å²) < 4.78 is 28.0. The highest BCUT2D eigenvalue weighted by atomic mass is 35.5. The van der Waals surface area contributed by atoms with Gasteiger partial charge in [-0.1, -0.05) is 23.7 Å². The number of carbonyl (C=O) groups is 2. The van der Waals surface area contributed by atoms with E-state index in [0.29, 0.717) is 22.4 Å². The van der Waals surface area contributed by atoms with Crippen LogP contribution in [0.3, 0.4) is 0 Å². The number of amides is 3. The maximum Gasteiger partial charge on any atom is 0.326 e. The van der Waals surface area contributed by atoms with Gasteiger partial charge in [0, 0.05) is 33.0 Å². The fraction of sp³-hybridized carbons (Fsp3) is 0.130. The highest BCUT2D eigenvalue weighted by molar-refractivity contribution is 6.31. The topological polar surface area (TPSA) is 81.7 Å². The average Bonchev–Trinajstić information content (AvgIpc) is 3.29. The SMILES string of the molecule is O=C1N[C@H](c2cc(F)ccc2Cl)c2c(NC(=O)N3C[C@@H](O)c4c(F)cccc43)cccc21. The van der Waals surface area contributed by atoms with Gasteiger partial charge in [-0.05, 0) is 42.5 Å². The normalized spacial score (nSPS) is 18.9. The summed E-state index contributed by atoms with van der Waals surface area (Å²) in [6.45, 7) is -0.118. The van der Waals surface area contributed by atoms with E-state index in [1.807, 2.05) is 0 Å². The lowest BCUT2D eigenvalue weighted by Gasteiger charge is -2.21. The van der Waals surface area contributed by atoms with Crippen LogP contribution in [-0.2, 0) is 0 Å². The Hall–Kier alpha value is -3.49. The molecule has 0 bridgehead atoms. The van der Waals surface area contributed by atoms with E-state index in [-0.39, 0.29) is 28.7 Å². The molecule has 6 nitrogen and oxygen atoms in total. The van der Waals surface area contributed by atoms with Gasteiger partial charge in [0.2, 0.25) is 0 Å².